The second kappa shape index (κ2) is 7.36. The lowest BCUT2D eigenvalue weighted by atomic mass is 9.94. The third-order valence-corrected chi connectivity index (χ3v) is 3.46. The Kier molecular flexibility index (Phi) is 6.10. The number of amides is 1. The van der Waals surface area contributed by atoms with E-state index in [0.717, 1.165) is 0 Å². The second-order valence-electron chi connectivity index (χ2n) is 5.27. The van der Waals surface area contributed by atoms with Gasteiger partial charge in [0.25, 0.3) is 0 Å². The van der Waals surface area contributed by atoms with E-state index in [4.69, 9.17) is 11.5 Å². The van der Waals surface area contributed by atoms with Crippen LogP contribution in [0.1, 0.15) is 38.8 Å². The third kappa shape index (κ3) is 4.02. The Bertz CT molecular complexity index is 450. The first-order valence-electron chi connectivity index (χ1n) is 6.92. The monoisotopic (exact) mass is 281 g/mol. The zero-order valence-electron chi connectivity index (χ0n) is 12.3. The molecule has 0 fully saturated rings. The summed E-state index contributed by atoms with van der Waals surface area (Å²) in [4.78, 5) is 13.1. The first-order chi connectivity index (χ1) is 9.38. The Morgan fingerprint density at radius 1 is 1.35 bits per heavy atom. The average molecular weight is 281 g/mol. The van der Waals surface area contributed by atoms with Gasteiger partial charge in [-0.3, -0.25) is 9.69 Å². The molecule has 0 bridgehead atoms. The lowest BCUT2D eigenvalue weighted by Gasteiger charge is -2.37. The fourth-order valence-corrected chi connectivity index (χ4v) is 2.38. The quantitative estimate of drug-likeness (QED) is 0.800. The van der Waals surface area contributed by atoms with Gasteiger partial charge in [-0.05, 0) is 26.3 Å². The van der Waals surface area contributed by atoms with Crippen LogP contribution in [0.15, 0.2) is 24.3 Å². The van der Waals surface area contributed by atoms with Crippen LogP contribution in [0.4, 0.5) is 4.39 Å². The molecule has 2 atom stereocenters. The fourth-order valence-electron chi connectivity index (χ4n) is 2.38. The molecule has 20 heavy (non-hydrogen) atoms. The van der Waals surface area contributed by atoms with Crippen molar-refractivity contribution in [2.24, 2.45) is 11.5 Å². The summed E-state index contributed by atoms with van der Waals surface area (Å²) < 4.78 is 14.1. The number of rotatable bonds is 7. The molecule has 1 aromatic carbocycles. The maximum Gasteiger partial charge on any atom is 0.231 e. The Morgan fingerprint density at radius 3 is 2.40 bits per heavy atom. The highest BCUT2D eigenvalue weighted by Gasteiger charge is 2.30. The average Bonchev–Trinajstić information content (AvgIpc) is 2.39. The van der Waals surface area contributed by atoms with Crippen LogP contribution in [0.3, 0.4) is 0 Å². The van der Waals surface area contributed by atoms with Crippen molar-refractivity contribution < 1.29 is 9.18 Å². The van der Waals surface area contributed by atoms with Crippen molar-refractivity contribution in [2.45, 2.75) is 45.3 Å². The van der Waals surface area contributed by atoms with Gasteiger partial charge in [0.05, 0.1) is 12.6 Å². The molecule has 5 heteroatoms. The van der Waals surface area contributed by atoms with Crippen molar-refractivity contribution in [1.29, 1.82) is 0 Å². The van der Waals surface area contributed by atoms with Crippen LogP contribution in [0.5, 0.6) is 0 Å². The maximum absolute atomic E-state index is 14.1. The number of nitrogens with two attached hydrogens (primary N) is 2. The Morgan fingerprint density at radius 2 is 1.95 bits per heavy atom. The molecule has 2 unspecified atom stereocenters. The Balaban J connectivity index is 3.23. The van der Waals surface area contributed by atoms with Gasteiger partial charge in [-0.15, -0.1) is 0 Å². The predicted molar refractivity (Wildman–Crippen MR) is 78.4 cm³/mol. The molecule has 0 radical (unpaired) electrons. The normalized spacial score (nSPS) is 14.6. The van der Waals surface area contributed by atoms with Gasteiger partial charge in [-0.25, -0.2) is 4.39 Å². The smallest absolute Gasteiger partial charge is 0.231 e. The number of primary amides is 1. The molecule has 0 saturated carbocycles. The SMILES string of the molecule is CCC(N)C(c1ccccc1F)N(CC(N)=O)C(C)C. The van der Waals surface area contributed by atoms with Crippen LogP contribution in [0.2, 0.25) is 0 Å². The minimum Gasteiger partial charge on any atom is -0.369 e. The number of hydrogen-bond donors (Lipinski definition) is 2. The van der Waals surface area contributed by atoms with Crippen molar-refractivity contribution in [2.75, 3.05) is 6.54 Å². The van der Waals surface area contributed by atoms with Crippen LogP contribution in [-0.4, -0.2) is 29.4 Å². The van der Waals surface area contributed by atoms with Crippen LogP contribution >= 0.6 is 0 Å². The summed E-state index contributed by atoms with van der Waals surface area (Å²) in [6.45, 7) is 5.89. The highest BCUT2D eigenvalue weighted by molar-refractivity contribution is 5.76. The summed E-state index contributed by atoms with van der Waals surface area (Å²) in [7, 11) is 0. The zero-order valence-corrected chi connectivity index (χ0v) is 12.3. The van der Waals surface area contributed by atoms with E-state index in [1.165, 1.54) is 6.07 Å². The molecule has 0 aliphatic carbocycles. The Hall–Kier alpha value is -1.46. The summed E-state index contributed by atoms with van der Waals surface area (Å²) in [6.07, 6.45) is 0.682. The number of hydrogen-bond acceptors (Lipinski definition) is 3. The van der Waals surface area contributed by atoms with Gasteiger partial charge in [0, 0.05) is 17.6 Å². The fraction of sp³-hybridized carbons (Fsp3) is 0.533. The standard InChI is InChI=1S/C15H24FN3O/c1-4-13(17)15(11-7-5-6-8-12(11)16)19(10(2)3)9-14(18)20/h5-8,10,13,15H,4,9,17H2,1-3H3,(H2,18,20). The maximum atomic E-state index is 14.1. The van der Waals surface area contributed by atoms with E-state index in [-0.39, 0.29) is 30.5 Å². The van der Waals surface area contributed by atoms with Gasteiger partial charge >= 0.3 is 0 Å². The molecule has 1 rings (SSSR count). The minimum atomic E-state index is -0.441. The van der Waals surface area contributed by atoms with Crippen molar-refractivity contribution >= 4 is 5.91 Å². The number of halogens is 1. The molecule has 4 N–H and O–H groups in total. The summed E-state index contributed by atoms with van der Waals surface area (Å²) in [5.41, 5.74) is 12.0. The predicted octanol–water partition coefficient (Wildman–Crippen LogP) is 1.80. The molecule has 4 nitrogen and oxygen atoms in total. The first kappa shape index (κ1) is 16.6. The number of nitrogens with zero attached hydrogens (tertiary/aromatic N) is 1. The summed E-state index contributed by atoms with van der Waals surface area (Å²) in [5.74, 6) is -0.750. The highest BCUT2D eigenvalue weighted by atomic mass is 19.1. The van der Waals surface area contributed by atoms with Gasteiger partial charge in [-0.1, -0.05) is 25.1 Å². The van der Waals surface area contributed by atoms with Gasteiger partial charge in [0.1, 0.15) is 5.82 Å². The van der Waals surface area contributed by atoms with Gasteiger partial charge in [0.2, 0.25) is 5.91 Å². The van der Waals surface area contributed by atoms with Crippen molar-refractivity contribution in [1.82, 2.24) is 4.90 Å². The molecule has 1 amide bonds. The van der Waals surface area contributed by atoms with Crippen molar-refractivity contribution in [3.63, 3.8) is 0 Å². The van der Waals surface area contributed by atoms with E-state index >= 15 is 0 Å². The van der Waals surface area contributed by atoms with E-state index < -0.39 is 5.91 Å². The molecule has 0 heterocycles. The largest absolute Gasteiger partial charge is 0.369 e. The van der Waals surface area contributed by atoms with E-state index in [1.807, 2.05) is 25.7 Å². The number of carbonyl (C=O) groups is 1. The molecule has 0 spiro atoms. The van der Waals surface area contributed by atoms with E-state index in [2.05, 4.69) is 0 Å². The summed E-state index contributed by atoms with van der Waals surface area (Å²) >= 11 is 0. The summed E-state index contributed by atoms with van der Waals surface area (Å²) in [6, 6.07) is 5.93. The first-order valence-corrected chi connectivity index (χ1v) is 6.92. The van der Waals surface area contributed by atoms with Crippen LogP contribution in [-0.2, 0) is 4.79 Å². The van der Waals surface area contributed by atoms with Crippen LogP contribution < -0.4 is 11.5 Å². The molecule has 0 saturated heterocycles. The van der Waals surface area contributed by atoms with E-state index in [9.17, 15) is 9.18 Å². The van der Waals surface area contributed by atoms with Crippen molar-refractivity contribution in [3.8, 4) is 0 Å². The lowest BCUT2D eigenvalue weighted by molar-refractivity contribution is -0.120. The molecule has 112 valence electrons. The molecule has 0 aliphatic heterocycles. The minimum absolute atomic E-state index is 0.0321. The molecule has 0 aromatic heterocycles. The lowest BCUT2D eigenvalue weighted by Crippen LogP contribution is -2.48. The highest BCUT2D eigenvalue weighted by Crippen LogP contribution is 2.28. The number of carbonyl (C=O) groups excluding carboxylic acids is 1. The van der Waals surface area contributed by atoms with Gasteiger partial charge < -0.3 is 11.5 Å². The van der Waals surface area contributed by atoms with Crippen LogP contribution in [0.25, 0.3) is 0 Å². The molecule has 0 aliphatic rings. The second-order valence-corrected chi connectivity index (χ2v) is 5.27. The summed E-state index contributed by atoms with van der Waals surface area (Å²) in [5, 5.41) is 0. The van der Waals surface area contributed by atoms with E-state index in [0.29, 0.717) is 12.0 Å². The molecular formula is C15H24FN3O. The Labute approximate surface area is 119 Å². The molecule has 1 aromatic rings. The number of benzene rings is 1. The zero-order chi connectivity index (χ0) is 15.3. The van der Waals surface area contributed by atoms with Crippen molar-refractivity contribution in [3.05, 3.63) is 35.6 Å². The van der Waals surface area contributed by atoms with Crippen LogP contribution in [0, 0.1) is 5.82 Å². The third-order valence-electron chi connectivity index (χ3n) is 3.46. The van der Waals surface area contributed by atoms with Gasteiger partial charge in [0.15, 0.2) is 0 Å². The molecular weight excluding hydrogens is 257 g/mol. The topological polar surface area (TPSA) is 72.3 Å². The van der Waals surface area contributed by atoms with Gasteiger partial charge in [-0.2, -0.15) is 0 Å². The van der Waals surface area contributed by atoms with E-state index in [1.54, 1.807) is 18.2 Å².